The summed E-state index contributed by atoms with van der Waals surface area (Å²) in [5.41, 5.74) is -0.304. The molecule has 120 valence electrons. The van der Waals surface area contributed by atoms with Crippen molar-refractivity contribution in [1.29, 1.82) is 0 Å². The standard InChI is InChI=1S/C16H27NO4/c1-2-21-13-6-5-9-17(12-13)14(18)10-16(11-15(19)20)7-3-4-8-16/h13H,2-12H2,1H3,(H,19,20). The van der Waals surface area contributed by atoms with E-state index < -0.39 is 5.97 Å². The van der Waals surface area contributed by atoms with E-state index in [0.29, 0.717) is 19.6 Å². The minimum absolute atomic E-state index is 0.113. The largest absolute Gasteiger partial charge is 0.481 e. The molecule has 5 nitrogen and oxygen atoms in total. The number of carbonyl (C=O) groups excluding carboxylic acids is 1. The van der Waals surface area contributed by atoms with Gasteiger partial charge in [-0.25, -0.2) is 0 Å². The van der Waals surface area contributed by atoms with Gasteiger partial charge in [0.05, 0.1) is 12.5 Å². The maximum atomic E-state index is 12.6. The predicted octanol–water partition coefficient (Wildman–Crippen LogP) is 2.44. The van der Waals surface area contributed by atoms with E-state index >= 15 is 0 Å². The smallest absolute Gasteiger partial charge is 0.303 e. The van der Waals surface area contributed by atoms with Gasteiger partial charge in [0.25, 0.3) is 0 Å². The van der Waals surface area contributed by atoms with E-state index in [-0.39, 0.29) is 23.8 Å². The van der Waals surface area contributed by atoms with Crippen LogP contribution >= 0.6 is 0 Å². The number of aliphatic carboxylic acids is 1. The second kappa shape index (κ2) is 7.25. The van der Waals surface area contributed by atoms with Crippen LogP contribution in [0.1, 0.15) is 58.3 Å². The topological polar surface area (TPSA) is 66.8 Å². The maximum Gasteiger partial charge on any atom is 0.303 e. The molecule has 0 aromatic rings. The first kappa shape index (κ1) is 16.3. The summed E-state index contributed by atoms with van der Waals surface area (Å²) in [6, 6.07) is 0. The zero-order chi connectivity index (χ0) is 15.3. The zero-order valence-electron chi connectivity index (χ0n) is 13.0. The Labute approximate surface area is 126 Å². The van der Waals surface area contributed by atoms with Gasteiger partial charge in [0.15, 0.2) is 0 Å². The molecular formula is C16H27NO4. The highest BCUT2D eigenvalue weighted by atomic mass is 16.5. The molecular weight excluding hydrogens is 270 g/mol. The van der Waals surface area contributed by atoms with Crippen LogP contribution in [0.3, 0.4) is 0 Å². The molecule has 1 heterocycles. The van der Waals surface area contributed by atoms with Gasteiger partial charge < -0.3 is 14.7 Å². The van der Waals surface area contributed by atoms with Crippen LogP contribution in [0.25, 0.3) is 0 Å². The lowest BCUT2D eigenvalue weighted by Crippen LogP contribution is -2.45. The van der Waals surface area contributed by atoms with Crippen molar-refractivity contribution in [2.75, 3.05) is 19.7 Å². The molecule has 2 rings (SSSR count). The fraction of sp³-hybridized carbons (Fsp3) is 0.875. The summed E-state index contributed by atoms with van der Waals surface area (Å²) in [5, 5.41) is 9.13. The quantitative estimate of drug-likeness (QED) is 0.817. The number of likely N-dealkylation sites (tertiary alicyclic amines) is 1. The highest BCUT2D eigenvalue weighted by molar-refractivity contribution is 5.78. The summed E-state index contributed by atoms with van der Waals surface area (Å²) in [5.74, 6) is -0.668. The van der Waals surface area contributed by atoms with Crippen LogP contribution in [0.2, 0.25) is 0 Å². The van der Waals surface area contributed by atoms with Crippen molar-refractivity contribution in [2.24, 2.45) is 5.41 Å². The van der Waals surface area contributed by atoms with Crippen molar-refractivity contribution in [2.45, 2.75) is 64.4 Å². The number of carbonyl (C=O) groups is 2. The van der Waals surface area contributed by atoms with Crippen molar-refractivity contribution >= 4 is 11.9 Å². The van der Waals surface area contributed by atoms with Crippen LogP contribution in [-0.4, -0.2) is 47.7 Å². The van der Waals surface area contributed by atoms with E-state index in [2.05, 4.69) is 0 Å². The van der Waals surface area contributed by atoms with Gasteiger partial charge in [-0.3, -0.25) is 9.59 Å². The second-order valence-corrected chi connectivity index (χ2v) is 6.51. The number of piperidine rings is 1. The van der Waals surface area contributed by atoms with E-state index in [1.54, 1.807) is 0 Å². The Hall–Kier alpha value is -1.10. The Kier molecular flexibility index (Phi) is 5.62. The Morgan fingerprint density at radius 1 is 1.24 bits per heavy atom. The number of hydrogen-bond acceptors (Lipinski definition) is 3. The minimum atomic E-state index is -0.782. The van der Waals surface area contributed by atoms with Gasteiger partial charge in [0, 0.05) is 26.1 Å². The molecule has 0 spiro atoms. The first-order valence-corrected chi connectivity index (χ1v) is 8.16. The molecule has 1 saturated carbocycles. The molecule has 0 bridgehead atoms. The molecule has 2 aliphatic rings. The molecule has 21 heavy (non-hydrogen) atoms. The molecule has 1 atom stereocenters. The normalized spacial score (nSPS) is 25.0. The molecule has 0 aromatic carbocycles. The fourth-order valence-corrected chi connectivity index (χ4v) is 3.83. The number of ether oxygens (including phenoxy) is 1. The molecule has 1 amide bonds. The number of hydrogen-bond donors (Lipinski definition) is 1. The number of carboxylic acids is 1. The molecule has 1 saturated heterocycles. The lowest BCUT2D eigenvalue weighted by atomic mass is 9.79. The Morgan fingerprint density at radius 2 is 1.95 bits per heavy atom. The Bertz CT molecular complexity index is 374. The van der Waals surface area contributed by atoms with Gasteiger partial charge in [-0.1, -0.05) is 12.8 Å². The minimum Gasteiger partial charge on any atom is -0.481 e. The van der Waals surface area contributed by atoms with Gasteiger partial charge in [-0.15, -0.1) is 0 Å². The highest BCUT2D eigenvalue weighted by Crippen LogP contribution is 2.44. The van der Waals surface area contributed by atoms with Crippen LogP contribution in [0.5, 0.6) is 0 Å². The molecule has 1 aliphatic heterocycles. The van der Waals surface area contributed by atoms with Gasteiger partial charge in [-0.05, 0) is 38.0 Å². The van der Waals surface area contributed by atoms with Crippen molar-refractivity contribution in [3.8, 4) is 0 Å². The van der Waals surface area contributed by atoms with E-state index in [1.165, 1.54) is 0 Å². The predicted molar refractivity (Wildman–Crippen MR) is 79.0 cm³/mol. The lowest BCUT2D eigenvalue weighted by molar-refractivity contribution is -0.142. The summed E-state index contributed by atoms with van der Waals surface area (Å²) in [6.45, 7) is 4.10. The third-order valence-corrected chi connectivity index (χ3v) is 4.85. The average Bonchev–Trinajstić information content (AvgIpc) is 2.86. The van der Waals surface area contributed by atoms with Crippen LogP contribution in [0.15, 0.2) is 0 Å². The SMILES string of the molecule is CCOC1CCCN(C(=O)CC2(CC(=O)O)CCCC2)C1. The van der Waals surface area contributed by atoms with Crippen molar-refractivity contribution in [1.82, 2.24) is 4.90 Å². The zero-order valence-corrected chi connectivity index (χ0v) is 13.0. The van der Waals surface area contributed by atoms with Gasteiger partial charge in [0.1, 0.15) is 0 Å². The van der Waals surface area contributed by atoms with Crippen LogP contribution in [0.4, 0.5) is 0 Å². The average molecular weight is 297 g/mol. The summed E-state index contributed by atoms with van der Waals surface area (Å²) in [4.78, 5) is 25.6. The van der Waals surface area contributed by atoms with Crippen LogP contribution in [-0.2, 0) is 14.3 Å². The molecule has 5 heteroatoms. The van der Waals surface area contributed by atoms with Gasteiger partial charge in [0.2, 0.25) is 5.91 Å². The molecule has 0 aromatic heterocycles. The maximum absolute atomic E-state index is 12.6. The summed E-state index contributed by atoms with van der Waals surface area (Å²) < 4.78 is 5.63. The van der Waals surface area contributed by atoms with Crippen molar-refractivity contribution < 1.29 is 19.4 Å². The third-order valence-electron chi connectivity index (χ3n) is 4.85. The van der Waals surface area contributed by atoms with Gasteiger partial charge in [-0.2, -0.15) is 0 Å². The molecule has 2 fully saturated rings. The van der Waals surface area contributed by atoms with Crippen LogP contribution < -0.4 is 0 Å². The summed E-state index contributed by atoms with van der Waals surface area (Å²) in [6.07, 6.45) is 6.47. The fourth-order valence-electron chi connectivity index (χ4n) is 3.83. The Balaban J connectivity index is 1.93. The second-order valence-electron chi connectivity index (χ2n) is 6.51. The van der Waals surface area contributed by atoms with E-state index in [4.69, 9.17) is 9.84 Å². The monoisotopic (exact) mass is 297 g/mol. The third kappa shape index (κ3) is 4.43. The van der Waals surface area contributed by atoms with E-state index in [0.717, 1.165) is 45.1 Å². The Morgan fingerprint density at radius 3 is 2.57 bits per heavy atom. The molecule has 1 unspecified atom stereocenters. The number of rotatable bonds is 6. The summed E-state index contributed by atoms with van der Waals surface area (Å²) in [7, 11) is 0. The number of amides is 1. The molecule has 1 N–H and O–H groups in total. The van der Waals surface area contributed by atoms with Crippen LogP contribution in [0, 0.1) is 5.41 Å². The van der Waals surface area contributed by atoms with E-state index in [1.807, 2.05) is 11.8 Å². The molecule has 0 radical (unpaired) electrons. The number of nitrogens with zero attached hydrogens (tertiary/aromatic N) is 1. The molecule has 1 aliphatic carbocycles. The number of carboxylic acid groups (broad SMARTS) is 1. The van der Waals surface area contributed by atoms with Crippen molar-refractivity contribution in [3.05, 3.63) is 0 Å². The first-order valence-electron chi connectivity index (χ1n) is 8.16. The highest BCUT2D eigenvalue weighted by Gasteiger charge is 2.39. The lowest BCUT2D eigenvalue weighted by Gasteiger charge is -2.35. The first-order chi connectivity index (χ1) is 10.0. The van der Waals surface area contributed by atoms with Crippen molar-refractivity contribution in [3.63, 3.8) is 0 Å². The van der Waals surface area contributed by atoms with E-state index in [9.17, 15) is 9.59 Å². The summed E-state index contributed by atoms with van der Waals surface area (Å²) >= 11 is 0. The van der Waals surface area contributed by atoms with Gasteiger partial charge >= 0.3 is 5.97 Å².